The second-order valence-corrected chi connectivity index (χ2v) is 23.2. The van der Waals surface area contributed by atoms with Crippen LogP contribution in [0.5, 0.6) is 0 Å². The number of nitrogens with zero attached hydrogens (tertiary/aromatic N) is 1. The second-order valence-electron chi connectivity index (χ2n) is 21.7. The van der Waals surface area contributed by atoms with E-state index in [0.29, 0.717) is 17.4 Å². The summed E-state index contributed by atoms with van der Waals surface area (Å²) < 4.78 is 23.7. The van der Waals surface area contributed by atoms with Crippen molar-refractivity contribution in [2.75, 3.05) is 40.9 Å². The highest BCUT2D eigenvalue weighted by Gasteiger charge is 2.27. The van der Waals surface area contributed by atoms with Crippen molar-refractivity contribution in [1.82, 2.24) is 5.32 Å². The van der Waals surface area contributed by atoms with Gasteiger partial charge in [0.15, 0.2) is 0 Å². The second kappa shape index (κ2) is 53.0. The molecule has 0 saturated heterocycles. The largest absolute Gasteiger partial charge is 0.472 e. The number of phosphoric acid groups is 1. The third kappa shape index (κ3) is 55.8. The lowest BCUT2D eigenvalue weighted by atomic mass is 10.0. The fourth-order valence-corrected chi connectivity index (χ4v) is 9.45. The molecule has 3 atom stereocenters. The van der Waals surface area contributed by atoms with Crippen molar-refractivity contribution in [1.29, 1.82) is 0 Å². The Morgan fingerprint density at radius 3 is 1.25 bits per heavy atom. The molecule has 0 spiro atoms. The number of aliphatic hydroxyl groups is 1. The highest BCUT2D eigenvalue weighted by atomic mass is 31.2. The van der Waals surface area contributed by atoms with Crippen LogP contribution in [0, 0.1) is 0 Å². The number of carbonyl (C=O) groups excluding carboxylic acids is 1. The van der Waals surface area contributed by atoms with Gasteiger partial charge in [0.25, 0.3) is 0 Å². The minimum absolute atomic E-state index is 0.0514. The highest BCUT2D eigenvalue weighted by molar-refractivity contribution is 7.47. The quantitative estimate of drug-likeness (QED) is 0.0243. The fourth-order valence-electron chi connectivity index (χ4n) is 8.71. The van der Waals surface area contributed by atoms with Crippen molar-refractivity contribution >= 4 is 13.7 Å². The van der Waals surface area contributed by atoms with E-state index in [1.165, 1.54) is 193 Å². The molecule has 0 rings (SSSR count). The molecule has 0 fully saturated rings. The Bertz CT molecular complexity index is 1340. The number of amides is 1. The summed E-state index contributed by atoms with van der Waals surface area (Å²) in [5, 5.41) is 13.9. The predicted octanol–water partition coefficient (Wildman–Crippen LogP) is 18.5. The van der Waals surface area contributed by atoms with E-state index in [4.69, 9.17) is 9.05 Å². The van der Waals surface area contributed by atoms with Gasteiger partial charge in [0, 0.05) is 6.42 Å². The van der Waals surface area contributed by atoms with Gasteiger partial charge in [-0.1, -0.05) is 261 Å². The summed E-state index contributed by atoms with van der Waals surface area (Å²) in [6.07, 6.45) is 72.0. The number of hydrogen-bond acceptors (Lipinski definition) is 5. The number of likely N-dealkylation sites (N-methyl/N-ethyl adjacent to an activating group) is 1. The maximum Gasteiger partial charge on any atom is 0.472 e. The van der Waals surface area contributed by atoms with Crippen molar-refractivity contribution in [3.63, 3.8) is 0 Å². The van der Waals surface area contributed by atoms with Crippen LogP contribution in [-0.2, 0) is 18.4 Å². The third-order valence-electron chi connectivity index (χ3n) is 13.5. The van der Waals surface area contributed by atoms with Gasteiger partial charge in [-0.25, -0.2) is 4.57 Å². The molecule has 0 aromatic rings. The van der Waals surface area contributed by atoms with Crippen LogP contribution in [0.3, 0.4) is 0 Å². The van der Waals surface area contributed by atoms with Crippen molar-refractivity contribution < 1.29 is 32.9 Å². The molecule has 0 radical (unpaired) electrons. The van der Waals surface area contributed by atoms with Gasteiger partial charge in [-0.05, 0) is 70.6 Å². The Balaban J connectivity index is 4.20. The molecule has 3 N–H and O–H groups in total. The van der Waals surface area contributed by atoms with Crippen molar-refractivity contribution in [3.05, 3.63) is 60.8 Å². The first-order valence-corrected chi connectivity index (χ1v) is 31.7. The predicted molar refractivity (Wildman–Crippen MR) is 309 cm³/mol. The Hall–Kier alpha value is -1.80. The van der Waals surface area contributed by atoms with Crippen LogP contribution in [-0.4, -0.2) is 73.4 Å². The molecule has 8 nitrogen and oxygen atoms in total. The third-order valence-corrected chi connectivity index (χ3v) is 14.4. The van der Waals surface area contributed by atoms with Gasteiger partial charge in [-0.3, -0.25) is 13.8 Å². The average molecular weight is 1020 g/mol. The number of phosphoric ester groups is 1. The van der Waals surface area contributed by atoms with Crippen molar-refractivity contribution in [3.8, 4) is 0 Å². The first-order chi connectivity index (χ1) is 34.5. The average Bonchev–Trinajstić information content (AvgIpc) is 3.33. The topological polar surface area (TPSA) is 105 Å². The molecule has 71 heavy (non-hydrogen) atoms. The van der Waals surface area contributed by atoms with Crippen LogP contribution in [0.25, 0.3) is 0 Å². The molecule has 0 saturated carbocycles. The number of aliphatic hydroxyl groups excluding tert-OH is 1. The molecule has 0 aliphatic rings. The molecule has 0 heterocycles. The lowest BCUT2D eigenvalue weighted by Gasteiger charge is -2.25. The van der Waals surface area contributed by atoms with E-state index < -0.39 is 20.0 Å². The van der Waals surface area contributed by atoms with E-state index >= 15 is 0 Å². The zero-order valence-corrected chi connectivity index (χ0v) is 48.4. The van der Waals surface area contributed by atoms with E-state index in [0.717, 1.165) is 64.2 Å². The summed E-state index contributed by atoms with van der Waals surface area (Å²) in [6, 6.07) is -0.874. The molecule has 416 valence electrons. The number of carbonyl (C=O) groups is 1. The standard InChI is InChI=1S/C62H117N2O6P/c1-6-8-10-12-14-16-18-20-22-24-26-27-28-29-30-31-32-33-34-35-36-38-39-41-43-45-47-49-51-53-55-61(65)60(59-70-71(67,68)69-58-57-64(3,4)5)63-62(66)56-54-52-50-48-46-44-42-40-37-25-23-21-19-17-15-13-11-9-7-2/h15,17,21,23,37,40,45,47,53,55,60-61,65H,6-14,16,18-20,22,24-36,38-39,41-44,46,48-52,54,56-59H2,1-5H3,(H-,63,66,67,68)/p+1/b17-15-,23-21-,40-37-,47-45+,55-53+. The van der Waals surface area contributed by atoms with Crippen LogP contribution < -0.4 is 5.32 Å². The van der Waals surface area contributed by atoms with Crippen molar-refractivity contribution in [2.24, 2.45) is 0 Å². The van der Waals surface area contributed by atoms with Gasteiger partial charge >= 0.3 is 7.82 Å². The van der Waals surface area contributed by atoms with Crippen LogP contribution in [0.2, 0.25) is 0 Å². The summed E-state index contributed by atoms with van der Waals surface area (Å²) in [7, 11) is 1.54. The first kappa shape index (κ1) is 69.2. The zero-order chi connectivity index (χ0) is 52.0. The number of allylic oxidation sites excluding steroid dienone is 9. The van der Waals surface area contributed by atoms with Gasteiger partial charge in [-0.2, -0.15) is 0 Å². The Morgan fingerprint density at radius 1 is 0.479 bits per heavy atom. The van der Waals surface area contributed by atoms with Crippen molar-refractivity contribution in [2.45, 2.75) is 289 Å². The summed E-state index contributed by atoms with van der Waals surface area (Å²) >= 11 is 0. The van der Waals surface area contributed by atoms with E-state index in [9.17, 15) is 19.4 Å². The van der Waals surface area contributed by atoms with Gasteiger partial charge < -0.3 is 19.8 Å². The Labute approximate surface area is 441 Å². The summed E-state index contributed by atoms with van der Waals surface area (Å²) in [5.74, 6) is -0.198. The van der Waals surface area contributed by atoms with Crippen LogP contribution in [0.15, 0.2) is 60.8 Å². The first-order valence-electron chi connectivity index (χ1n) is 30.2. The number of nitrogens with one attached hydrogen (secondary N) is 1. The molecule has 0 aliphatic carbocycles. The summed E-state index contributed by atoms with van der Waals surface area (Å²) in [4.78, 5) is 23.3. The molecular weight excluding hydrogens is 900 g/mol. The highest BCUT2D eigenvalue weighted by Crippen LogP contribution is 2.43. The number of unbranched alkanes of at least 4 members (excludes halogenated alkanes) is 34. The van der Waals surface area contributed by atoms with Gasteiger partial charge in [0.2, 0.25) is 5.91 Å². The summed E-state index contributed by atoms with van der Waals surface area (Å²) in [5.41, 5.74) is 0. The van der Waals surface area contributed by atoms with Crippen LogP contribution in [0.1, 0.15) is 277 Å². The molecule has 0 aliphatic heterocycles. The van der Waals surface area contributed by atoms with E-state index in [1.54, 1.807) is 6.08 Å². The molecule has 1 amide bonds. The zero-order valence-electron chi connectivity index (χ0n) is 47.5. The number of hydrogen-bond donors (Lipinski definition) is 3. The van der Waals surface area contributed by atoms with Gasteiger partial charge in [0.1, 0.15) is 13.2 Å². The lowest BCUT2D eigenvalue weighted by molar-refractivity contribution is -0.870. The van der Waals surface area contributed by atoms with E-state index in [2.05, 4.69) is 67.8 Å². The maximum atomic E-state index is 13.0. The normalized spacial score (nSPS) is 14.3. The lowest BCUT2D eigenvalue weighted by Crippen LogP contribution is -2.45. The van der Waals surface area contributed by atoms with Gasteiger partial charge in [0.05, 0.1) is 39.9 Å². The minimum Gasteiger partial charge on any atom is -0.387 e. The van der Waals surface area contributed by atoms with Crippen LogP contribution >= 0.6 is 7.82 Å². The van der Waals surface area contributed by atoms with Crippen LogP contribution in [0.4, 0.5) is 0 Å². The molecule has 0 bridgehead atoms. The van der Waals surface area contributed by atoms with Gasteiger partial charge in [-0.15, -0.1) is 0 Å². The summed E-state index contributed by atoms with van der Waals surface area (Å²) in [6.45, 7) is 4.78. The number of rotatable bonds is 55. The monoisotopic (exact) mass is 1020 g/mol. The molecular formula is C62H118N2O6P+. The smallest absolute Gasteiger partial charge is 0.387 e. The fraction of sp³-hybridized carbons (Fsp3) is 0.823. The number of quaternary nitrogens is 1. The van der Waals surface area contributed by atoms with E-state index in [1.807, 2.05) is 27.2 Å². The maximum absolute atomic E-state index is 13.0. The Morgan fingerprint density at radius 2 is 0.817 bits per heavy atom. The molecule has 9 heteroatoms. The Kier molecular flexibility index (Phi) is 51.7. The SMILES string of the molecule is CCCCC/C=C\C/C=C\C/C=C\CCCCCCCCC(=O)NC(COP(=O)(O)OCC[N+](C)(C)C)C(O)/C=C/CC/C=C/CCCCCCCCCCCCCCCCCCCCCCCCCC. The van der Waals surface area contributed by atoms with E-state index in [-0.39, 0.29) is 19.1 Å². The molecule has 0 aromatic carbocycles. The minimum atomic E-state index is -4.36. The molecule has 0 aromatic heterocycles. The molecule has 3 unspecified atom stereocenters.